The van der Waals surface area contributed by atoms with Gasteiger partial charge in [0.25, 0.3) is 0 Å². The van der Waals surface area contributed by atoms with Crippen LogP contribution in [0.4, 0.5) is 0 Å². The molecular weight excluding hydrogens is 222 g/mol. The molecule has 0 heterocycles. The number of hydrogen-bond acceptors (Lipinski definition) is 3. The van der Waals surface area contributed by atoms with E-state index in [-0.39, 0.29) is 43.0 Å². The molecule has 0 aliphatic rings. The Morgan fingerprint density at radius 3 is 2.18 bits per heavy atom. The Morgan fingerprint density at radius 2 is 1.71 bits per heavy atom. The highest BCUT2D eigenvalue weighted by Crippen LogP contribution is 1.96. The Labute approximate surface area is 102 Å². The van der Waals surface area contributed by atoms with Crippen LogP contribution in [0, 0.1) is 0 Å². The van der Waals surface area contributed by atoms with Gasteiger partial charge in [-0.3, -0.25) is 14.4 Å². The van der Waals surface area contributed by atoms with Crippen molar-refractivity contribution >= 4 is 17.7 Å². The number of amides is 3. The summed E-state index contributed by atoms with van der Waals surface area (Å²) in [5.41, 5.74) is 0. The van der Waals surface area contributed by atoms with Crippen LogP contribution in [0.5, 0.6) is 0 Å². The lowest BCUT2D eigenvalue weighted by Crippen LogP contribution is -2.37. The third kappa shape index (κ3) is 7.32. The van der Waals surface area contributed by atoms with Crippen molar-refractivity contribution in [1.29, 1.82) is 0 Å². The Balaban J connectivity index is 3.86. The van der Waals surface area contributed by atoms with Gasteiger partial charge in [-0.05, 0) is 6.92 Å². The van der Waals surface area contributed by atoms with Crippen LogP contribution in [0.3, 0.4) is 0 Å². The van der Waals surface area contributed by atoms with Gasteiger partial charge >= 0.3 is 0 Å². The first kappa shape index (κ1) is 15.4. The molecule has 0 fully saturated rings. The standard InChI is InChI=1S/C11H21N3O3/c1-8(7-10(16)12-2)13-9(15)5-6-11(17)14(3)4/h8H,5-7H2,1-4H3,(H,12,16)(H,13,15)/t8-/m0/s1. The third-order valence-electron chi connectivity index (χ3n) is 2.24. The highest BCUT2D eigenvalue weighted by Gasteiger charge is 2.12. The van der Waals surface area contributed by atoms with Crippen molar-refractivity contribution < 1.29 is 14.4 Å². The van der Waals surface area contributed by atoms with Gasteiger partial charge in [0.2, 0.25) is 17.7 Å². The van der Waals surface area contributed by atoms with Crippen molar-refractivity contribution in [2.75, 3.05) is 21.1 Å². The van der Waals surface area contributed by atoms with E-state index in [1.165, 1.54) is 4.90 Å². The second-order valence-electron chi connectivity index (χ2n) is 4.13. The van der Waals surface area contributed by atoms with Crippen LogP contribution >= 0.6 is 0 Å². The molecule has 0 spiro atoms. The maximum Gasteiger partial charge on any atom is 0.222 e. The summed E-state index contributed by atoms with van der Waals surface area (Å²) in [5, 5.41) is 5.15. The molecule has 6 nitrogen and oxygen atoms in total. The lowest BCUT2D eigenvalue weighted by molar-refractivity contribution is -0.131. The lowest BCUT2D eigenvalue weighted by Gasteiger charge is -2.14. The topological polar surface area (TPSA) is 78.5 Å². The smallest absolute Gasteiger partial charge is 0.222 e. The zero-order valence-electron chi connectivity index (χ0n) is 10.9. The zero-order valence-corrected chi connectivity index (χ0v) is 10.9. The molecule has 0 aliphatic carbocycles. The molecule has 0 aliphatic heterocycles. The fourth-order valence-corrected chi connectivity index (χ4v) is 1.22. The number of carbonyl (C=O) groups excluding carboxylic acids is 3. The molecular formula is C11H21N3O3. The van der Waals surface area contributed by atoms with Crippen LogP contribution in [0.2, 0.25) is 0 Å². The van der Waals surface area contributed by atoms with E-state index in [2.05, 4.69) is 10.6 Å². The van der Waals surface area contributed by atoms with Crippen LogP contribution in [0.15, 0.2) is 0 Å². The second kappa shape index (κ2) is 7.65. The molecule has 0 rings (SSSR count). The van der Waals surface area contributed by atoms with Crippen molar-refractivity contribution in [1.82, 2.24) is 15.5 Å². The largest absolute Gasteiger partial charge is 0.359 e. The van der Waals surface area contributed by atoms with Gasteiger partial charge in [0.1, 0.15) is 0 Å². The van der Waals surface area contributed by atoms with E-state index in [0.29, 0.717) is 0 Å². The van der Waals surface area contributed by atoms with E-state index in [1.807, 2.05) is 0 Å². The van der Waals surface area contributed by atoms with Crippen LogP contribution in [0.1, 0.15) is 26.2 Å². The summed E-state index contributed by atoms with van der Waals surface area (Å²) < 4.78 is 0. The molecule has 0 unspecified atom stereocenters. The summed E-state index contributed by atoms with van der Waals surface area (Å²) in [4.78, 5) is 35.2. The quantitative estimate of drug-likeness (QED) is 0.660. The van der Waals surface area contributed by atoms with Gasteiger partial charge in [0.15, 0.2) is 0 Å². The number of nitrogens with zero attached hydrogens (tertiary/aromatic N) is 1. The number of rotatable bonds is 6. The highest BCUT2D eigenvalue weighted by atomic mass is 16.2. The average Bonchev–Trinajstić information content (AvgIpc) is 2.25. The summed E-state index contributed by atoms with van der Waals surface area (Å²) in [6, 6.07) is -0.225. The fourth-order valence-electron chi connectivity index (χ4n) is 1.22. The molecule has 98 valence electrons. The maximum absolute atomic E-state index is 11.4. The summed E-state index contributed by atoms with van der Waals surface area (Å²) in [6.45, 7) is 1.75. The van der Waals surface area contributed by atoms with Gasteiger partial charge in [-0.15, -0.1) is 0 Å². The predicted octanol–water partition coefficient (Wildman–Crippen LogP) is -0.504. The first-order valence-electron chi connectivity index (χ1n) is 5.57. The van der Waals surface area contributed by atoms with Crippen molar-refractivity contribution in [3.8, 4) is 0 Å². The second-order valence-corrected chi connectivity index (χ2v) is 4.13. The van der Waals surface area contributed by atoms with Crippen LogP contribution in [-0.4, -0.2) is 49.8 Å². The van der Waals surface area contributed by atoms with Crippen molar-refractivity contribution in [3.63, 3.8) is 0 Å². The van der Waals surface area contributed by atoms with Gasteiger partial charge < -0.3 is 15.5 Å². The fraction of sp³-hybridized carbons (Fsp3) is 0.727. The molecule has 17 heavy (non-hydrogen) atoms. The van der Waals surface area contributed by atoms with Gasteiger partial charge in [-0.1, -0.05) is 0 Å². The van der Waals surface area contributed by atoms with Crippen molar-refractivity contribution in [2.45, 2.75) is 32.2 Å². The monoisotopic (exact) mass is 243 g/mol. The zero-order chi connectivity index (χ0) is 13.4. The number of nitrogens with one attached hydrogen (secondary N) is 2. The Hall–Kier alpha value is -1.59. The van der Waals surface area contributed by atoms with Gasteiger partial charge in [-0.25, -0.2) is 0 Å². The predicted molar refractivity (Wildman–Crippen MR) is 64.2 cm³/mol. The van der Waals surface area contributed by atoms with E-state index in [1.54, 1.807) is 28.1 Å². The number of carbonyl (C=O) groups is 3. The van der Waals surface area contributed by atoms with Gasteiger partial charge in [0, 0.05) is 46.4 Å². The summed E-state index contributed by atoms with van der Waals surface area (Å²) in [6.07, 6.45) is 0.574. The van der Waals surface area contributed by atoms with Crippen LogP contribution in [0.25, 0.3) is 0 Å². The molecule has 0 aromatic carbocycles. The number of hydrogen-bond donors (Lipinski definition) is 2. The molecule has 0 saturated heterocycles. The van der Waals surface area contributed by atoms with E-state index in [9.17, 15) is 14.4 Å². The van der Waals surface area contributed by atoms with E-state index in [4.69, 9.17) is 0 Å². The first-order valence-corrected chi connectivity index (χ1v) is 5.57. The minimum Gasteiger partial charge on any atom is -0.359 e. The molecule has 0 aromatic rings. The van der Waals surface area contributed by atoms with Crippen LogP contribution < -0.4 is 10.6 Å². The molecule has 0 saturated carbocycles. The van der Waals surface area contributed by atoms with Gasteiger partial charge in [-0.2, -0.15) is 0 Å². The Bertz CT molecular complexity index is 290. The molecule has 3 amide bonds. The van der Waals surface area contributed by atoms with Crippen LogP contribution in [-0.2, 0) is 14.4 Å². The van der Waals surface area contributed by atoms with Crippen molar-refractivity contribution in [2.24, 2.45) is 0 Å². The van der Waals surface area contributed by atoms with E-state index < -0.39 is 0 Å². The third-order valence-corrected chi connectivity index (χ3v) is 2.24. The van der Waals surface area contributed by atoms with Crippen molar-refractivity contribution in [3.05, 3.63) is 0 Å². The Kier molecular flexibility index (Phi) is 6.93. The van der Waals surface area contributed by atoms with Gasteiger partial charge in [0.05, 0.1) is 0 Å². The summed E-state index contributed by atoms with van der Waals surface area (Å²) in [5.74, 6) is -0.419. The minimum absolute atomic E-state index is 0.0842. The average molecular weight is 243 g/mol. The normalized spacial score (nSPS) is 11.5. The van der Waals surface area contributed by atoms with E-state index >= 15 is 0 Å². The molecule has 6 heteroatoms. The summed E-state index contributed by atoms with van der Waals surface area (Å²) >= 11 is 0. The molecule has 0 bridgehead atoms. The molecule has 0 radical (unpaired) electrons. The summed E-state index contributed by atoms with van der Waals surface area (Å²) in [7, 11) is 4.84. The molecule has 1 atom stereocenters. The highest BCUT2D eigenvalue weighted by molar-refractivity contribution is 5.84. The SMILES string of the molecule is CNC(=O)C[C@H](C)NC(=O)CCC(=O)N(C)C. The molecule has 2 N–H and O–H groups in total. The Morgan fingerprint density at radius 1 is 1.12 bits per heavy atom. The minimum atomic E-state index is -0.225. The molecule has 0 aromatic heterocycles. The van der Waals surface area contributed by atoms with E-state index in [0.717, 1.165) is 0 Å². The maximum atomic E-state index is 11.4. The first-order chi connectivity index (χ1) is 7.86. The lowest BCUT2D eigenvalue weighted by atomic mass is 10.2.